The van der Waals surface area contributed by atoms with Gasteiger partial charge in [-0.2, -0.15) is 5.26 Å². The van der Waals surface area contributed by atoms with E-state index in [4.69, 9.17) is 5.26 Å². The van der Waals surface area contributed by atoms with Crippen molar-refractivity contribution in [2.75, 3.05) is 6.54 Å². The number of hydrogen-bond donors (Lipinski definition) is 2. The SMILES string of the molecule is CC(NCC(O)c1ccccc1F)c1ccc(C#N)c(F)c1. The molecule has 0 spiro atoms. The summed E-state index contributed by atoms with van der Waals surface area (Å²) in [5.74, 6) is -1.04. The molecule has 2 N–H and O–H groups in total. The molecule has 0 bridgehead atoms. The van der Waals surface area contributed by atoms with E-state index in [0.717, 1.165) is 0 Å². The van der Waals surface area contributed by atoms with Crippen molar-refractivity contribution >= 4 is 0 Å². The van der Waals surface area contributed by atoms with Crippen molar-refractivity contribution in [3.05, 3.63) is 70.8 Å². The van der Waals surface area contributed by atoms with Gasteiger partial charge in [-0.25, -0.2) is 8.78 Å². The molecule has 3 nitrogen and oxygen atoms in total. The summed E-state index contributed by atoms with van der Waals surface area (Å²) in [7, 11) is 0. The minimum absolute atomic E-state index is 0.0117. The first-order valence-corrected chi connectivity index (χ1v) is 6.88. The van der Waals surface area contributed by atoms with Crippen molar-refractivity contribution in [3.63, 3.8) is 0 Å². The Bertz CT molecular complexity index is 697. The maximum Gasteiger partial charge on any atom is 0.141 e. The van der Waals surface area contributed by atoms with Crippen LogP contribution in [0.3, 0.4) is 0 Å². The number of nitrogens with one attached hydrogen (secondary N) is 1. The van der Waals surface area contributed by atoms with E-state index in [1.807, 2.05) is 0 Å². The minimum atomic E-state index is -0.994. The lowest BCUT2D eigenvalue weighted by atomic mass is 10.0. The monoisotopic (exact) mass is 302 g/mol. The van der Waals surface area contributed by atoms with Crippen molar-refractivity contribution < 1.29 is 13.9 Å². The van der Waals surface area contributed by atoms with Crippen LogP contribution in [0.15, 0.2) is 42.5 Å². The molecule has 0 amide bonds. The summed E-state index contributed by atoms with van der Waals surface area (Å²) in [6.45, 7) is 1.93. The summed E-state index contributed by atoms with van der Waals surface area (Å²) < 4.78 is 27.1. The van der Waals surface area contributed by atoms with Gasteiger partial charge in [0, 0.05) is 18.2 Å². The Morgan fingerprint density at radius 1 is 1.18 bits per heavy atom. The second-order valence-corrected chi connectivity index (χ2v) is 5.02. The molecule has 2 unspecified atom stereocenters. The summed E-state index contributed by atoms with van der Waals surface area (Å²) >= 11 is 0. The Balaban J connectivity index is 2.01. The van der Waals surface area contributed by atoms with Crippen molar-refractivity contribution in [1.82, 2.24) is 5.32 Å². The molecule has 22 heavy (non-hydrogen) atoms. The highest BCUT2D eigenvalue weighted by Gasteiger charge is 2.14. The summed E-state index contributed by atoms with van der Waals surface area (Å²) in [6, 6.07) is 11.9. The standard InChI is InChI=1S/C17H16F2N2O/c1-11(12-6-7-13(9-20)16(19)8-12)21-10-17(22)14-4-2-3-5-15(14)18/h2-8,11,17,21-22H,10H2,1H3. The highest BCUT2D eigenvalue weighted by molar-refractivity contribution is 5.34. The lowest BCUT2D eigenvalue weighted by Crippen LogP contribution is -2.25. The number of halogens is 2. The number of aliphatic hydroxyl groups is 1. The second kappa shape index (κ2) is 7.12. The molecule has 0 fully saturated rings. The average Bonchev–Trinajstić information content (AvgIpc) is 2.52. The zero-order valence-corrected chi connectivity index (χ0v) is 12.1. The van der Waals surface area contributed by atoms with Crippen LogP contribution in [0.25, 0.3) is 0 Å². The quantitative estimate of drug-likeness (QED) is 0.891. The van der Waals surface area contributed by atoms with Crippen LogP contribution in [0.4, 0.5) is 8.78 Å². The van der Waals surface area contributed by atoms with E-state index >= 15 is 0 Å². The van der Waals surface area contributed by atoms with Crippen LogP contribution in [0, 0.1) is 23.0 Å². The third kappa shape index (κ3) is 3.67. The molecule has 2 aromatic rings. The van der Waals surface area contributed by atoms with Gasteiger partial charge in [-0.15, -0.1) is 0 Å². The fraction of sp³-hybridized carbons (Fsp3) is 0.235. The van der Waals surface area contributed by atoms with Gasteiger partial charge < -0.3 is 10.4 Å². The van der Waals surface area contributed by atoms with Crippen LogP contribution < -0.4 is 5.32 Å². The molecule has 0 aliphatic carbocycles. The van der Waals surface area contributed by atoms with Crippen LogP contribution in [0.1, 0.15) is 35.8 Å². The normalized spacial score (nSPS) is 13.4. The maximum absolute atomic E-state index is 13.6. The van der Waals surface area contributed by atoms with Crippen molar-refractivity contribution in [1.29, 1.82) is 5.26 Å². The van der Waals surface area contributed by atoms with Crippen molar-refractivity contribution in [2.45, 2.75) is 19.1 Å². The Kier molecular flexibility index (Phi) is 5.21. The first kappa shape index (κ1) is 16.1. The van der Waals surface area contributed by atoms with E-state index in [1.165, 1.54) is 24.3 Å². The van der Waals surface area contributed by atoms with Crippen molar-refractivity contribution in [3.8, 4) is 6.07 Å². The predicted octanol–water partition coefficient (Wildman–Crippen LogP) is 3.22. The van der Waals surface area contributed by atoms with Gasteiger partial charge in [-0.3, -0.25) is 0 Å². The van der Waals surface area contributed by atoms with Gasteiger partial charge in [0.25, 0.3) is 0 Å². The van der Waals surface area contributed by atoms with Gasteiger partial charge >= 0.3 is 0 Å². The van der Waals surface area contributed by atoms with Crippen LogP contribution >= 0.6 is 0 Å². The smallest absolute Gasteiger partial charge is 0.141 e. The molecule has 5 heteroatoms. The third-order valence-electron chi connectivity index (χ3n) is 3.50. The number of aliphatic hydroxyl groups excluding tert-OH is 1. The zero-order chi connectivity index (χ0) is 16.1. The van der Waals surface area contributed by atoms with Gasteiger partial charge in [0.1, 0.15) is 17.7 Å². The van der Waals surface area contributed by atoms with Gasteiger partial charge in [-0.05, 0) is 30.7 Å². The predicted molar refractivity (Wildman–Crippen MR) is 78.9 cm³/mol. The maximum atomic E-state index is 13.6. The topological polar surface area (TPSA) is 56.0 Å². The minimum Gasteiger partial charge on any atom is -0.387 e. The molecule has 0 aliphatic rings. The lowest BCUT2D eigenvalue weighted by molar-refractivity contribution is 0.166. The zero-order valence-electron chi connectivity index (χ0n) is 12.1. The second-order valence-electron chi connectivity index (χ2n) is 5.02. The first-order valence-electron chi connectivity index (χ1n) is 6.88. The Labute approximate surface area is 127 Å². The Morgan fingerprint density at radius 2 is 1.91 bits per heavy atom. The number of nitriles is 1. The molecular weight excluding hydrogens is 286 g/mol. The summed E-state index contributed by atoms with van der Waals surface area (Å²) in [4.78, 5) is 0. The van der Waals surface area contributed by atoms with Gasteiger partial charge in [0.2, 0.25) is 0 Å². The molecule has 2 rings (SSSR count). The number of hydrogen-bond acceptors (Lipinski definition) is 3. The van der Waals surface area contributed by atoms with Crippen LogP contribution in [-0.2, 0) is 0 Å². The van der Waals surface area contributed by atoms with E-state index in [2.05, 4.69) is 5.32 Å². The number of rotatable bonds is 5. The molecular formula is C17H16F2N2O. The van der Waals surface area contributed by atoms with E-state index < -0.39 is 17.7 Å². The van der Waals surface area contributed by atoms with Crippen molar-refractivity contribution in [2.24, 2.45) is 0 Å². The third-order valence-corrected chi connectivity index (χ3v) is 3.50. The van der Waals surface area contributed by atoms with E-state index in [0.29, 0.717) is 5.56 Å². The molecule has 0 aliphatic heterocycles. The summed E-state index contributed by atoms with van der Waals surface area (Å²) in [6.07, 6.45) is -0.994. The Morgan fingerprint density at radius 3 is 2.55 bits per heavy atom. The number of benzene rings is 2. The van der Waals surface area contributed by atoms with E-state index in [9.17, 15) is 13.9 Å². The lowest BCUT2D eigenvalue weighted by Gasteiger charge is -2.18. The van der Waals surface area contributed by atoms with Gasteiger partial charge in [0.15, 0.2) is 0 Å². The fourth-order valence-corrected chi connectivity index (χ4v) is 2.15. The first-order chi connectivity index (χ1) is 10.5. The Hall–Kier alpha value is -2.29. The molecule has 0 heterocycles. The molecule has 0 aromatic heterocycles. The molecule has 0 saturated heterocycles. The van der Waals surface area contributed by atoms with E-state index in [-0.39, 0.29) is 23.7 Å². The van der Waals surface area contributed by atoms with Crippen LogP contribution in [0.2, 0.25) is 0 Å². The van der Waals surface area contributed by atoms with E-state index in [1.54, 1.807) is 31.2 Å². The molecule has 0 saturated carbocycles. The molecule has 2 atom stereocenters. The number of nitrogens with zero attached hydrogens (tertiary/aromatic N) is 1. The summed E-state index contributed by atoms with van der Waals surface area (Å²) in [5.41, 5.74) is 0.854. The van der Waals surface area contributed by atoms with Gasteiger partial charge in [0.05, 0.1) is 11.7 Å². The average molecular weight is 302 g/mol. The van der Waals surface area contributed by atoms with Gasteiger partial charge in [-0.1, -0.05) is 24.3 Å². The molecule has 114 valence electrons. The van der Waals surface area contributed by atoms with Crippen LogP contribution in [0.5, 0.6) is 0 Å². The molecule has 2 aromatic carbocycles. The largest absolute Gasteiger partial charge is 0.387 e. The molecule has 0 radical (unpaired) electrons. The van der Waals surface area contributed by atoms with Crippen LogP contribution in [-0.4, -0.2) is 11.7 Å². The highest BCUT2D eigenvalue weighted by atomic mass is 19.1. The fourth-order valence-electron chi connectivity index (χ4n) is 2.15. The highest BCUT2D eigenvalue weighted by Crippen LogP contribution is 2.19. The summed E-state index contributed by atoms with van der Waals surface area (Å²) in [5, 5.41) is 21.7.